The Hall–Kier alpha value is -3.17. The number of hydrogen-bond acceptors (Lipinski definition) is 3. The third-order valence-electron chi connectivity index (χ3n) is 4.83. The first kappa shape index (κ1) is 19.2. The van der Waals surface area contributed by atoms with Crippen LogP contribution < -0.4 is 0 Å². The molecular weight excluding hydrogens is 376 g/mol. The molecule has 0 spiro atoms. The van der Waals surface area contributed by atoms with Gasteiger partial charge in [-0.05, 0) is 60.4 Å². The molecule has 0 bridgehead atoms. The van der Waals surface area contributed by atoms with Gasteiger partial charge in [0.1, 0.15) is 11.5 Å². The van der Waals surface area contributed by atoms with Crippen molar-refractivity contribution in [2.45, 2.75) is 23.6 Å². The lowest BCUT2D eigenvalue weighted by Crippen LogP contribution is -1.88. The van der Waals surface area contributed by atoms with Crippen LogP contribution >= 0.6 is 11.8 Å². The highest BCUT2D eigenvalue weighted by Gasteiger charge is 2.16. The number of rotatable bonds is 4. The summed E-state index contributed by atoms with van der Waals surface area (Å²) in [7, 11) is 0. The van der Waals surface area contributed by atoms with Crippen molar-refractivity contribution in [3.05, 3.63) is 96.1 Å². The molecule has 0 aliphatic rings. The Morgan fingerprint density at radius 3 is 1.31 bits per heavy atom. The van der Waals surface area contributed by atoms with Crippen LogP contribution in [0.1, 0.15) is 11.1 Å². The predicted octanol–water partition coefficient (Wildman–Crippen LogP) is 7.20. The number of phenols is 2. The molecule has 0 atom stereocenters. The molecule has 0 saturated carbocycles. The maximum Gasteiger partial charge on any atom is 0.137 e. The van der Waals surface area contributed by atoms with Crippen LogP contribution in [0.4, 0.5) is 0 Å². The fourth-order valence-electron chi connectivity index (χ4n) is 3.44. The van der Waals surface area contributed by atoms with Gasteiger partial charge in [-0.1, -0.05) is 72.4 Å². The van der Waals surface area contributed by atoms with E-state index in [0.29, 0.717) is 0 Å². The van der Waals surface area contributed by atoms with Crippen LogP contribution in [-0.4, -0.2) is 10.2 Å². The van der Waals surface area contributed by atoms with E-state index < -0.39 is 0 Å². The van der Waals surface area contributed by atoms with Gasteiger partial charge in [0.15, 0.2) is 0 Å². The molecule has 0 aliphatic carbocycles. The first-order valence-electron chi connectivity index (χ1n) is 9.49. The van der Waals surface area contributed by atoms with Crippen molar-refractivity contribution in [1.82, 2.24) is 0 Å². The van der Waals surface area contributed by atoms with E-state index in [-0.39, 0.29) is 11.5 Å². The van der Waals surface area contributed by atoms with Crippen LogP contribution in [0.5, 0.6) is 11.5 Å². The van der Waals surface area contributed by atoms with Crippen LogP contribution in [0.3, 0.4) is 0 Å². The molecule has 0 unspecified atom stereocenters. The van der Waals surface area contributed by atoms with Gasteiger partial charge < -0.3 is 10.2 Å². The Kier molecular flexibility index (Phi) is 5.32. The fraction of sp³-hybridized carbons (Fsp3) is 0.0769. The molecule has 4 aromatic rings. The average molecular weight is 399 g/mol. The van der Waals surface area contributed by atoms with Crippen molar-refractivity contribution in [3.8, 4) is 33.8 Å². The Morgan fingerprint density at radius 1 is 0.552 bits per heavy atom. The number of aromatic hydroxyl groups is 2. The average Bonchev–Trinajstić information content (AvgIpc) is 2.74. The summed E-state index contributed by atoms with van der Waals surface area (Å²) >= 11 is 1.39. The largest absolute Gasteiger partial charge is 0.506 e. The van der Waals surface area contributed by atoms with E-state index >= 15 is 0 Å². The predicted molar refractivity (Wildman–Crippen MR) is 121 cm³/mol. The molecule has 4 aromatic carbocycles. The van der Waals surface area contributed by atoms with Crippen molar-refractivity contribution < 1.29 is 10.2 Å². The summed E-state index contributed by atoms with van der Waals surface area (Å²) in [6.45, 7) is 4.03. The van der Waals surface area contributed by atoms with Crippen LogP contribution in [0.2, 0.25) is 0 Å². The molecule has 0 fully saturated rings. The smallest absolute Gasteiger partial charge is 0.137 e. The Morgan fingerprint density at radius 2 is 0.931 bits per heavy atom. The number of aryl methyl sites for hydroxylation is 2. The second kappa shape index (κ2) is 8.06. The van der Waals surface area contributed by atoms with Gasteiger partial charge in [0, 0.05) is 11.1 Å². The molecule has 0 amide bonds. The lowest BCUT2D eigenvalue weighted by Gasteiger charge is -2.15. The van der Waals surface area contributed by atoms with Crippen LogP contribution in [0.25, 0.3) is 22.3 Å². The van der Waals surface area contributed by atoms with E-state index in [9.17, 15) is 10.2 Å². The zero-order valence-corrected chi connectivity index (χ0v) is 17.2. The topological polar surface area (TPSA) is 40.5 Å². The standard InChI is InChI=1S/C26H22O2S/c1-17-13-21(19-9-5-3-6-10-19)25(27)23(15-17)29-24-16-18(2)14-22(26(24)28)20-11-7-4-8-12-20/h3-16,27-28H,1-2H3. The maximum absolute atomic E-state index is 11.0. The first-order chi connectivity index (χ1) is 14.0. The van der Waals surface area contributed by atoms with E-state index in [1.54, 1.807) is 0 Å². The summed E-state index contributed by atoms with van der Waals surface area (Å²) in [6, 6.07) is 27.6. The number of benzene rings is 4. The van der Waals surface area contributed by atoms with Gasteiger partial charge >= 0.3 is 0 Å². The minimum absolute atomic E-state index is 0.231. The van der Waals surface area contributed by atoms with E-state index in [1.807, 2.05) is 98.8 Å². The quantitative estimate of drug-likeness (QED) is 0.382. The van der Waals surface area contributed by atoms with Gasteiger partial charge in [-0.25, -0.2) is 0 Å². The molecule has 0 aliphatic heterocycles. The van der Waals surface area contributed by atoms with Crippen molar-refractivity contribution in [1.29, 1.82) is 0 Å². The Labute approximate surface area is 175 Å². The highest BCUT2D eigenvalue weighted by molar-refractivity contribution is 7.99. The molecule has 4 rings (SSSR count). The van der Waals surface area contributed by atoms with Gasteiger partial charge in [-0.2, -0.15) is 0 Å². The van der Waals surface area contributed by atoms with Gasteiger partial charge in [0.25, 0.3) is 0 Å². The maximum atomic E-state index is 11.0. The summed E-state index contributed by atoms with van der Waals surface area (Å²) in [5, 5.41) is 21.9. The molecule has 0 radical (unpaired) electrons. The van der Waals surface area contributed by atoms with E-state index in [4.69, 9.17) is 0 Å². The van der Waals surface area contributed by atoms with Crippen LogP contribution in [0.15, 0.2) is 94.7 Å². The Balaban J connectivity index is 1.79. The second-order valence-electron chi connectivity index (χ2n) is 7.15. The zero-order valence-electron chi connectivity index (χ0n) is 16.4. The monoisotopic (exact) mass is 398 g/mol. The third kappa shape index (κ3) is 4.01. The van der Waals surface area contributed by atoms with E-state index in [1.165, 1.54) is 11.8 Å². The van der Waals surface area contributed by atoms with Crippen molar-refractivity contribution in [2.24, 2.45) is 0 Å². The Bertz CT molecular complexity index is 1060. The second-order valence-corrected chi connectivity index (χ2v) is 8.24. The van der Waals surface area contributed by atoms with E-state index in [0.717, 1.165) is 43.2 Å². The highest BCUT2D eigenvalue weighted by atomic mass is 32.2. The summed E-state index contributed by atoms with van der Waals surface area (Å²) < 4.78 is 0. The summed E-state index contributed by atoms with van der Waals surface area (Å²) in [5.74, 6) is 0.461. The molecular formula is C26H22O2S. The summed E-state index contributed by atoms with van der Waals surface area (Å²) in [4.78, 5) is 1.45. The van der Waals surface area contributed by atoms with Gasteiger partial charge in [0.05, 0.1) is 9.79 Å². The van der Waals surface area contributed by atoms with Gasteiger partial charge in [0.2, 0.25) is 0 Å². The zero-order chi connectivity index (χ0) is 20.4. The van der Waals surface area contributed by atoms with Crippen molar-refractivity contribution in [3.63, 3.8) is 0 Å². The molecule has 0 aromatic heterocycles. The number of phenolic OH excluding ortho intramolecular Hbond substituents is 2. The molecule has 0 heterocycles. The minimum atomic E-state index is 0.231. The lowest BCUT2D eigenvalue weighted by molar-refractivity contribution is 0.461. The SMILES string of the molecule is Cc1cc(Sc2cc(C)cc(-c3ccccc3)c2O)c(O)c(-c2ccccc2)c1. The highest BCUT2D eigenvalue weighted by Crippen LogP contribution is 2.46. The normalized spacial score (nSPS) is 10.8. The van der Waals surface area contributed by atoms with Crippen LogP contribution in [0, 0.1) is 13.8 Å². The molecule has 2 N–H and O–H groups in total. The van der Waals surface area contributed by atoms with Crippen molar-refractivity contribution >= 4 is 11.8 Å². The molecule has 29 heavy (non-hydrogen) atoms. The molecule has 2 nitrogen and oxygen atoms in total. The summed E-state index contributed by atoms with van der Waals surface area (Å²) in [6.07, 6.45) is 0. The lowest BCUT2D eigenvalue weighted by atomic mass is 10.0. The van der Waals surface area contributed by atoms with E-state index in [2.05, 4.69) is 0 Å². The van der Waals surface area contributed by atoms with Gasteiger partial charge in [-0.15, -0.1) is 0 Å². The minimum Gasteiger partial charge on any atom is -0.506 e. The van der Waals surface area contributed by atoms with Crippen molar-refractivity contribution in [2.75, 3.05) is 0 Å². The fourth-order valence-corrected chi connectivity index (χ4v) is 4.58. The van der Waals surface area contributed by atoms with Gasteiger partial charge in [-0.3, -0.25) is 0 Å². The first-order valence-corrected chi connectivity index (χ1v) is 10.3. The summed E-state index contributed by atoms with van der Waals surface area (Å²) in [5.41, 5.74) is 5.63. The molecule has 0 saturated heterocycles. The number of hydrogen-bond donors (Lipinski definition) is 2. The third-order valence-corrected chi connectivity index (χ3v) is 5.89. The molecule has 3 heteroatoms. The molecule has 144 valence electrons. The van der Waals surface area contributed by atoms with Crippen LogP contribution in [-0.2, 0) is 0 Å².